The SMILES string of the molecule is COc1ccc(NS(=O)(=O)c2ccc(OC)c(OC)c2)cc1C. The molecular weight excluding hydrogens is 318 g/mol. The van der Waals surface area contributed by atoms with Crippen molar-refractivity contribution in [2.75, 3.05) is 26.1 Å². The molecule has 23 heavy (non-hydrogen) atoms. The van der Waals surface area contributed by atoms with Crippen molar-refractivity contribution >= 4 is 15.7 Å². The third kappa shape index (κ3) is 3.68. The summed E-state index contributed by atoms with van der Waals surface area (Å²) in [5.41, 5.74) is 1.29. The van der Waals surface area contributed by atoms with E-state index >= 15 is 0 Å². The van der Waals surface area contributed by atoms with Gasteiger partial charge in [-0.05, 0) is 42.8 Å². The van der Waals surface area contributed by atoms with E-state index in [1.165, 1.54) is 26.4 Å². The van der Waals surface area contributed by atoms with E-state index in [-0.39, 0.29) is 4.90 Å². The summed E-state index contributed by atoms with van der Waals surface area (Å²) in [6.45, 7) is 1.84. The van der Waals surface area contributed by atoms with Crippen molar-refractivity contribution < 1.29 is 22.6 Å². The van der Waals surface area contributed by atoms with E-state index in [1.807, 2.05) is 6.92 Å². The zero-order chi connectivity index (χ0) is 17.0. The van der Waals surface area contributed by atoms with Crippen LogP contribution in [-0.4, -0.2) is 29.7 Å². The van der Waals surface area contributed by atoms with Crippen molar-refractivity contribution in [2.24, 2.45) is 0 Å². The first-order valence-corrected chi connectivity index (χ1v) is 8.29. The standard InChI is InChI=1S/C16H19NO5S/c1-11-9-12(5-7-14(11)20-2)17-23(18,19)13-6-8-15(21-3)16(10-13)22-4/h5-10,17H,1-4H3. The highest BCUT2D eigenvalue weighted by Gasteiger charge is 2.17. The molecule has 0 bridgehead atoms. The maximum Gasteiger partial charge on any atom is 0.262 e. The summed E-state index contributed by atoms with van der Waals surface area (Å²) in [5.74, 6) is 1.51. The van der Waals surface area contributed by atoms with Crippen LogP contribution in [0.1, 0.15) is 5.56 Å². The molecule has 0 aliphatic carbocycles. The van der Waals surface area contributed by atoms with E-state index in [4.69, 9.17) is 14.2 Å². The number of nitrogens with one attached hydrogen (secondary N) is 1. The number of ether oxygens (including phenoxy) is 3. The Kier molecular flexibility index (Phi) is 5.00. The van der Waals surface area contributed by atoms with Crippen LogP contribution >= 0.6 is 0 Å². The zero-order valence-electron chi connectivity index (χ0n) is 13.4. The molecule has 6 nitrogen and oxygen atoms in total. The number of hydrogen-bond donors (Lipinski definition) is 1. The highest BCUT2D eigenvalue weighted by atomic mass is 32.2. The molecule has 0 aliphatic rings. The van der Waals surface area contributed by atoms with Gasteiger partial charge < -0.3 is 14.2 Å². The van der Waals surface area contributed by atoms with Gasteiger partial charge in [-0.25, -0.2) is 8.42 Å². The van der Waals surface area contributed by atoms with E-state index < -0.39 is 10.0 Å². The van der Waals surface area contributed by atoms with Gasteiger partial charge in [0.25, 0.3) is 10.0 Å². The molecule has 1 N–H and O–H groups in total. The molecule has 0 spiro atoms. The minimum Gasteiger partial charge on any atom is -0.496 e. The summed E-state index contributed by atoms with van der Waals surface area (Å²) in [6, 6.07) is 9.48. The molecule has 0 heterocycles. The van der Waals surface area contributed by atoms with Gasteiger partial charge in [-0.15, -0.1) is 0 Å². The molecule has 0 unspecified atom stereocenters. The van der Waals surface area contributed by atoms with Gasteiger partial charge >= 0.3 is 0 Å². The average molecular weight is 337 g/mol. The molecular formula is C16H19NO5S. The maximum absolute atomic E-state index is 12.5. The third-order valence-corrected chi connectivity index (χ3v) is 4.69. The summed E-state index contributed by atoms with van der Waals surface area (Å²) >= 11 is 0. The molecule has 124 valence electrons. The lowest BCUT2D eigenvalue weighted by Gasteiger charge is -2.12. The van der Waals surface area contributed by atoms with Crippen molar-refractivity contribution in [3.8, 4) is 17.2 Å². The minimum atomic E-state index is -3.73. The first-order chi connectivity index (χ1) is 10.9. The molecule has 0 saturated heterocycles. The molecule has 0 aromatic heterocycles. The topological polar surface area (TPSA) is 73.9 Å². The Bertz CT molecular complexity index is 802. The fourth-order valence-electron chi connectivity index (χ4n) is 2.14. The summed E-state index contributed by atoms with van der Waals surface area (Å²) in [6.07, 6.45) is 0. The van der Waals surface area contributed by atoms with Gasteiger partial charge in [0.2, 0.25) is 0 Å². The van der Waals surface area contributed by atoms with E-state index in [1.54, 1.807) is 31.4 Å². The first-order valence-electron chi connectivity index (χ1n) is 6.80. The van der Waals surface area contributed by atoms with E-state index in [0.29, 0.717) is 22.9 Å². The molecule has 7 heteroatoms. The second-order valence-electron chi connectivity index (χ2n) is 4.81. The van der Waals surface area contributed by atoms with Crippen LogP contribution in [-0.2, 0) is 10.0 Å². The summed E-state index contributed by atoms with van der Waals surface area (Å²) in [7, 11) is 0.775. The minimum absolute atomic E-state index is 0.0867. The van der Waals surface area contributed by atoms with Gasteiger partial charge in [-0.3, -0.25) is 4.72 Å². The second-order valence-corrected chi connectivity index (χ2v) is 6.49. The van der Waals surface area contributed by atoms with Gasteiger partial charge in [0, 0.05) is 11.8 Å². The quantitative estimate of drug-likeness (QED) is 0.877. The Labute approximate surface area is 136 Å². The fraction of sp³-hybridized carbons (Fsp3) is 0.250. The third-order valence-electron chi connectivity index (χ3n) is 3.31. The number of rotatable bonds is 6. The Morgan fingerprint density at radius 3 is 2.00 bits per heavy atom. The van der Waals surface area contributed by atoms with Crippen molar-refractivity contribution in [2.45, 2.75) is 11.8 Å². The van der Waals surface area contributed by atoms with Crippen molar-refractivity contribution in [1.82, 2.24) is 0 Å². The van der Waals surface area contributed by atoms with Crippen LogP contribution in [0.5, 0.6) is 17.2 Å². The Morgan fingerprint density at radius 1 is 0.826 bits per heavy atom. The Morgan fingerprint density at radius 2 is 1.43 bits per heavy atom. The number of sulfonamides is 1. The predicted molar refractivity (Wildman–Crippen MR) is 88.1 cm³/mol. The van der Waals surface area contributed by atoms with Crippen LogP contribution in [0.2, 0.25) is 0 Å². The summed E-state index contributed by atoms with van der Waals surface area (Å²) in [5, 5.41) is 0. The summed E-state index contributed by atoms with van der Waals surface area (Å²) in [4.78, 5) is 0.0867. The fourth-order valence-corrected chi connectivity index (χ4v) is 3.20. The molecule has 0 saturated carbocycles. The molecule has 2 aromatic rings. The lowest BCUT2D eigenvalue weighted by atomic mass is 10.2. The monoisotopic (exact) mass is 337 g/mol. The molecule has 0 amide bonds. The van der Waals surface area contributed by atoms with Crippen molar-refractivity contribution in [3.05, 3.63) is 42.0 Å². The van der Waals surface area contributed by atoms with Crippen LogP contribution in [0.15, 0.2) is 41.3 Å². The average Bonchev–Trinajstić information content (AvgIpc) is 2.54. The lowest BCUT2D eigenvalue weighted by Crippen LogP contribution is -2.13. The van der Waals surface area contributed by atoms with E-state index in [2.05, 4.69) is 4.72 Å². The summed E-state index contributed by atoms with van der Waals surface area (Å²) < 4.78 is 42.9. The molecule has 0 fully saturated rings. The maximum atomic E-state index is 12.5. The van der Waals surface area contributed by atoms with Crippen LogP contribution in [0.3, 0.4) is 0 Å². The smallest absolute Gasteiger partial charge is 0.262 e. The van der Waals surface area contributed by atoms with Gasteiger partial charge in [0.15, 0.2) is 11.5 Å². The Hall–Kier alpha value is -2.41. The van der Waals surface area contributed by atoms with Crippen LogP contribution < -0.4 is 18.9 Å². The molecule has 0 atom stereocenters. The number of aryl methyl sites for hydroxylation is 1. The van der Waals surface area contributed by atoms with Gasteiger partial charge in [-0.1, -0.05) is 0 Å². The number of benzene rings is 2. The van der Waals surface area contributed by atoms with Gasteiger partial charge in [0.05, 0.1) is 26.2 Å². The van der Waals surface area contributed by atoms with Gasteiger partial charge in [-0.2, -0.15) is 0 Å². The van der Waals surface area contributed by atoms with Crippen LogP contribution in [0.4, 0.5) is 5.69 Å². The molecule has 0 radical (unpaired) electrons. The van der Waals surface area contributed by atoms with E-state index in [9.17, 15) is 8.42 Å². The molecule has 2 aromatic carbocycles. The second kappa shape index (κ2) is 6.78. The highest BCUT2D eigenvalue weighted by molar-refractivity contribution is 7.92. The van der Waals surface area contributed by atoms with Crippen LogP contribution in [0.25, 0.3) is 0 Å². The van der Waals surface area contributed by atoms with E-state index in [0.717, 1.165) is 5.56 Å². The van der Waals surface area contributed by atoms with Crippen molar-refractivity contribution in [1.29, 1.82) is 0 Å². The predicted octanol–water partition coefficient (Wildman–Crippen LogP) is 2.82. The highest BCUT2D eigenvalue weighted by Crippen LogP contribution is 2.30. The Balaban J connectivity index is 2.33. The zero-order valence-corrected chi connectivity index (χ0v) is 14.2. The number of methoxy groups -OCH3 is 3. The van der Waals surface area contributed by atoms with Crippen LogP contribution in [0, 0.1) is 6.92 Å². The van der Waals surface area contributed by atoms with Gasteiger partial charge in [0.1, 0.15) is 5.75 Å². The number of hydrogen-bond acceptors (Lipinski definition) is 5. The largest absolute Gasteiger partial charge is 0.496 e. The normalized spacial score (nSPS) is 11.0. The van der Waals surface area contributed by atoms with Crippen molar-refractivity contribution in [3.63, 3.8) is 0 Å². The first kappa shape index (κ1) is 17.0. The molecule has 0 aliphatic heterocycles. The molecule has 2 rings (SSSR count). The lowest BCUT2D eigenvalue weighted by molar-refractivity contribution is 0.354. The number of anilines is 1.